The smallest absolute Gasteiger partial charge is 0.308 e. The molecule has 3 nitrogen and oxygen atoms in total. The lowest BCUT2D eigenvalue weighted by molar-refractivity contribution is -0.136. The molecular formula is C25H37FO3. The van der Waals surface area contributed by atoms with Crippen molar-refractivity contribution in [3.63, 3.8) is 0 Å². The van der Waals surface area contributed by atoms with Crippen LogP contribution in [-0.4, -0.2) is 5.97 Å². The van der Waals surface area contributed by atoms with E-state index in [1.165, 1.54) is 6.92 Å². The number of carbonyl (C=O) groups excluding carboxylic acids is 1. The highest BCUT2D eigenvalue weighted by Crippen LogP contribution is 2.39. The van der Waals surface area contributed by atoms with E-state index in [2.05, 4.69) is 13.8 Å². The first-order valence-corrected chi connectivity index (χ1v) is 10.5. The number of esters is 1. The molecule has 1 rings (SSSR count). The van der Waals surface area contributed by atoms with E-state index < -0.39 is 0 Å². The van der Waals surface area contributed by atoms with Gasteiger partial charge in [0.1, 0.15) is 17.7 Å². The number of hydrogen-bond donors (Lipinski definition) is 0. The summed E-state index contributed by atoms with van der Waals surface area (Å²) in [4.78, 5) is 11.3. The van der Waals surface area contributed by atoms with Gasteiger partial charge in [0.05, 0.1) is 6.26 Å². The van der Waals surface area contributed by atoms with Crippen molar-refractivity contribution in [2.24, 2.45) is 0 Å². The number of ether oxygens (including phenoxy) is 2. The molecule has 162 valence electrons. The van der Waals surface area contributed by atoms with Crippen LogP contribution in [0.1, 0.15) is 115 Å². The fraction of sp³-hybridized carbons (Fsp3) is 0.560. The maximum Gasteiger partial charge on any atom is 0.308 e. The molecule has 0 bridgehead atoms. The number of rotatable bonds is 8. The summed E-state index contributed by atoms with van der Waals surface area (Å²) in [7, 11) is 0. The summed E-state index contributed by atoms with van der Waals surface area (Å²) < 4.78 is 26.7. The molecule has 1 aromatic rings. The van der Waals surface area contributed by atoms with Gasteiger partial charge in [-0.25, -0.2) is 4.39 Å². The third kappa shape index (κ3) is 6.19. The Labute approximate surface area is 176 Å². The maximum atomic E-state index is 15.4. The van der Waals surface area contributed by atoms with Gasteiger partial charge in [-0.3, -0.25) is 4.79 Å². The first-order chi connectivity index (χ1) is 13.4. The monoisotopic (exact) mass is 404 g/mol. The highest BCUT2D eigenvalue weighted by atomic mass is 19.1. The molecule has 29 heavy (non-hydrogen) atoms. The summed E-state index contributed by atoms with van der Waals surface area (Å²) >= 11 is 0. The molecule has 1 aromatic carbocycles. The van der Waals surface area contributed by atoms with Crippen molar-refractivity contribution in [2.45, 2.75) is 93.1 Å². The first-order valence-electron chi connectivity index (χ1n) is 10.5. The van der Waals surface area contributed by atoms with E-state index in [0.29, 0.717) is 11.3 Å². The average molecular weight is 405 g/mol. The minimum atomic E-state index is -0.380. The minimum absolute atomic E-state index is 0.0319. The lowest BCUT2D eigenvalue weighted by atomic mass is 9.82. The Morgan fingerprint density at radius 1 is 0.931 bits per heavy atom. The summed E-state index contributed by atoms with van der Waals surface area (Å²) in [5, 5.41) is 0. The van der Waals surface area contributed by atoms with Crippen molar-refractivity contribution in [1.82, 2.24) is 0 Å². The number of benzene rings is 1. The van der Waals surface area contributed by atoms with Gasteiger partial charge in [0.15, 0.2) is 0 Å². The second-order valence-electron chi connectivity index (χ2n) is 8.49. The highest BCUT2D eigenvalue weighted by molar-refractivity contribution is 5.68. The summed E-state index contributed by atoms with van der Waals surface area (Å²) in [6.45, 7) is 19.2. The van der Waals surface area contributed by atoms with E-state index in [9.17, 15) is 4.79 Å². The lowest BCUT2D eigenvalue weighted by Crippen LogP contribution is -2.14. The van der Waals surface area contributed by atoms with Gasteiger partial charge in [-0.15, -0.1) is 0 Å². The summed E-state index contributed by atoms with van der Waals surface area (Å²) in [6.07, 6.45) is 2.97. The van der Waals surface area contributed by atoms with Crippen molar-refractivity contribution in [3.8, 4) is 0 Å². The SMILES string of the molecule is C/C=C(OC(C)=O)/C(C)=C/OC(C)c1c(C(C)C)cc(C(C)C)c(F)c1C(C)C. The molecule has 0 aliphatic rings. The number of carbonyl (C=O) groups is 1. The van der Waals surface area contributed by atoms with Gasteiger partial charge < -0.3 is 9.47 Å². The summed E-state index contributed by atoms with van der Waals surface area (Å²) in [5.74, 6) is 0.333. The fourth-order valence-electron chi connectivity index (χ4n) is 3.51. The van der Waals surface area contributed by atoms with Gasteiger partial charge in [0, 0.05) is 18.1 Å². The maximum absolute atomic E-state index is 15.4. The minimum Gasteiger partial charge on any atom is -0.493 e. The third-order valence-electron chi connectivity index (χ3n) is 4.98. The van der Waals surface area contributed by atoms with Crippen LogP contribution < -0.4 is 0 Å². The zero-order valence-corrected chi connectivity index (χ0v) is 19.6. The number of allylic oxidation sites excluding steroid dienone is 2. The summed E-state index contributed by atoms with van der Waals surface area (Å²) in [6, 6.07) is 2.00. The lowest BCUT2D eigenvalue weighted by Gasteiger charge is -2.27. The third-order valence-corrected chi connectivity index (χ3v) is 4.98. The molecule has 0 amide bonds. The van der Waals surface area contributed by atoms with Crippen LogP contribution in [0.3, 0.4) is 0 Å². The van der Waals surface area contributed by atoms with Gasteiger partial charge >= 0.3 is 5.97 Å². The van der Waals surface area contributed by atoms with Crippen LogP contribution in [0.25, 0.3) is 0 Å². The Hall–Kier alpha value is -2.10. The molecule has 4 heteroatoms. The molecular weight excluding hydrogens is 367 g/mol. The van der Waals surface area contributed by atoms with Crippen LogP contribution in [0, 0.1) is 5.82 Å². The van der Waals surface area contributed by atoms with Crippen LogP contribution in [-0.2, 0) is 14.3 Å². The topological polar surface area (TPSA) is 35.5 Å². The molecule has 0 heterocycles. The van der Waals surface area contributed by atoms with Crippen LogP contribution in [0.15, 0.2) is 29.7 Å². The van der Waals surface area contributed by atoms with E-state index in [-0.39, 0.29) is 35.6 Å². The second-order valence-corrected chi connectivity index (χ2v) is 8.49. The Morgan fingerprint density at radius 3 is 1.90 bits per heavy atom. The Balaban J connectivity index is 3.46. The molecule has 0 aromatic heterocycles. The van der Waals surface area contributed by atoms with Crippen LogP contribution in [0.4, 0.5) is 4.39 Å². The number of hydrogen-bond acceptors (Lipinski definition) is 3. The zero-order valence-electron chi connectivity index (χ0n) is 19.6. The standard InChI is InChI=1S/C25H37FO3/c1-11-22(29-19(10)27)17(8)13-28-18(9)24-20(14(2)3)12-21(15(4)5)25(26)23(24)16(6)7/h11-16,18H,1-10H3/b17-13+,22-11-. The van der Waals surface area contributed by atoms with Gasteiger partial charge in [-0.1, -0.05) is 47.6 Å². The fourth-order valence-corrected chi connectivity index (χ4v) is 3.51. The molecule has 0 saturated carbocycles. The van der Waals surface area contributed by atoms with Crippen molar-refractivity contribution < 1.29 is 18.7 Å². The van der Waals surface area contributed by atoms with E-state index >= 15 is 4.39 Å². The Kier molecular flexibility index (Phi) is 9.13. The predicted octanol–water partition coefficient (Wildman–Crippen LogP) is 7.64. The zero-order chi connectivity index (χ0) is 22.5. The van der Waals surface area contributed by atoms with E-state index in [4.69, 9.17) is 9.47 Å². The largest absolute Gasteiger partial charge is 0.493 e. The second kappa shape index (κ2) is 10.6. The summed E-state index contributed by atoms with van der Waals surface area (Å²) in [5.41, 5.74) is 4.21. The first kappa shape index (κ1) is 24.9. The normalized spacial score (nSPS) is 14.0. The van der Waals surface area contributed by atoms with Gasteiger partial charge in [-0.2, -0.15) is 0 Å². The van der Waals surface area contributed by atoms with Gasteiger partial charge in [0.2, 0.25) is 0 Å². The van der Waals surface area contributed by atoms with Crippen molar-refractivity contribution in [2.75, 3.05) is 0 Å². The molecule has 0 saturated heterocycles. The van der Waals surface area contributed by atoms with Crippen LogP contribution in [0.5, 0.6) is 0 Å². The van der Waals surface area contributed by atoms with Gasteiger partial charge in [-0.05, 0) is 61.3 Å². The van der Waals surface area contributed by atoms with E-state index in [1.807, 2.05) is 47.6 Å². The molecule has 0 fully saturated rings. The number of halogens is 1. The molecule has 1 unspecified atom stereocenters. The molecule has 1 atom stereocenters. The van der Waals surface area contributed by atoms with Gasteiger partial charge in [0.25, 0.3) is 0 Å². The predicted molar refractivity (Wildman–Crippen MR) is 117 cm³/mol. The highest BCUT2D eigenvalue weighted by Gasteiger charge is 2.26. The molecule has 0 spiro atoms. The van der Waals surface area contributed by atoms with Crippen LogP contribution in [0.2, 0.25) is 0 Å². The van der Waals surface area contributed by atoms with E-state index in [1.54, 1.807) is 19.3 Å². The molecule has 0 N–H and O–H groups in total. The van der Waals surface area contributed by atoms with Crippen LogP contribution >= 0.6 is 0 Å². The average Bonchev–Trinajstić information content (AvgIpc) is 2.62. The molecule has 0 aliphatic carbocycles. The van der Waals surface area contributed by atoms with Crippen molar-refractivity contribution in [3.05, 3.63) is 57.8 Å². The van der Waals surface area contributed by atoms with Crippen molar-refractivity contribution in [1.29, 1.82) is 0 Å². The Bertz CT molecular complexity index is 786. The molecule has 0 radical (unpaired) electrons. The van der Waals surface area contributed by atoms with Crippen molar-refractivity contribution >= 4 is 5.97 Å². The molecule has 0 aliphatic heterocycles. The Morgan fingerprint density at radius 2 is 1.48 bits per heavy atom. The quantitative estimate of drug-likeness (QED) is 0.254. The van der Waals surface area contributed by atoms with E-state index in [0.717, 1.165) is 22.3 Å².